The SMILES string of the molecule is COc1cccc(COC(C)C(=O)NC(C)c2ccc(F)cc2F)c1. The summed E-state index contributed by atoms with van der Waals surface area (Å²) in [7, 11) is 1.58. The van der Waals surface area contributed by atoms with Gasteiger partial charge < -0.3 is 14.8 Å². The van der Waals surface area contributed by atoms with Crippen molar-refractivity contribution in [2.75, 3.05) is 7.11 Å². The van der Waals surface area contributed by atoms with Crippen LogP contribution >= 0.6 is 0 Å². The van der Waals surface area contributed by atoms with Gasteiger partial charge >= 0.3 is 0 Å². The number of hydrogen-bond acceptors (Lipinski definition) is 3. The van der Waals surface area contributed by atoms with Crippen LogP contribution in [0, 0.1) is 11.6 Å². The highest BCUT2D eigenvalue weighted by Gasteiger charge is 2.19. The van der Waals surface area contributed by atoms with Gasteiger partial charge in [0.15, 0.2) is 0 Å². The first-order valence-electron chi connectivity index (χ1n) is 7.90. The lowest BCUT2D eigenvalue weighted by Crippen LogP contribution is -2.36. The Morgan fingerprint density at radius 3 is 2.60 bits per heavy atom. The van der Waals surface area contributed by atoms with Crippen LogP contribution in [0.2, 0.25) is 0 Å². The van der Waals surface area contributed by atoms with Gasteiger partial charge in [0.1, 0.15) is 23.5 Å². The molecule has 0 spiro atoms. The number of halogens is 2. The first-order chi connectivity index (χ1) is 11.9. The minimum Gasteiger partial charge on any atom is -0.497 e. The third-order valence-electron chi connectivity index (χ3n) is 3.79. The molecular formula is C19H21F2NO3. The third-order valence-corrected chi connectivity index (χ3v) is 3.79. The van der Waals surface area contributed by atoms with Crippen LogP contribution in [0.25, 0.3) is 0 Å². The van der Waals surface area contributed by atoms with Gasteiger partial charge in [-0.2, -0.15) is 0 Å². The maximum Gasteiger partial charge on any atom is 0.249 e. The third kappa shape index (κ3) is 5.26. The van der Waals surface area contributed by atoms with Crippen molar-refractivity contribution in [2.45, 2.75) is 32.6 Å². The number of nitrogens with one attached hydrogen (secondary N) is 1. The quantitative estimate of drug-likeness (QED) is 0.828. The molecule has 2 unspecified atom stereocenters. The van der Waals surface area contributed by atoms with Crippen molar-refractivity contribution in [3.8, 4) is 5.75 Å². The number of hydrogen-bond donors (Lipinski definition) is 1. The molecule has 2 aromatic rings. The highest BCUT2D eigenvalue weighted by atomic mass is 19.1. The molecule has 2 atom stereocenters. The number of methoxy groups -OCH3 is 1. The normalized spacial score (nSPS) is 13.2. The van der Waals surface area contributed by atoms with Crippen molar-refractivity contribution in [3.05, 3.63) is 65.2 Å². The molecule has 4 nitrogen and oxygen atoms in total. The van der Waals surface area contributed by atoms with Crippen molar-refractivity contribution in [2.24, 2.45) is 0 Å². The van der Waals surface area contributed by atoms with Crippen LogP contribution in [-0.4, -0.2) is 19.1 Å². The Labute approximate surface area is 145 Å². The fourth-order valence-electron chi connectivity index (χ4n) is 2.32. The van der Waals surface area contributed by atoms with E-state index in [0.29, 0.717) is 5.75 Å². The monoisotopic (exact) mass is 349 g/mol. The van der Waals surface area contributed by atoms with E-state index in [-0.39, 0.29) is 18.1 Å². The second kappa shape index (κ2) is 8.58. The van der Waals surface area contributed by atoms with E-state index in [9.17, 15) is 13.6 Å². The van der Waals surface area contributed by atoms with Gasteiger partial charge in [0.2, 0.25) is 5.91 Å². The summed E-state index contributed by atoms with van der Waals surface area (Å²) in [4.78, 5) is 12.2. The molecule has 0 fully saturated rings. The molecular weight excluding hydrogens is 328 g/mol. The fourth-order valence-corrected chi connectivity index (χ4v) is 2.32. The Hall–Kier alpha value is -2.47. The molecule has 0 bridgehead atoms. The number of carbonyl (C=O) groups excluding carboxylic acids is 1. The van der Waals surface area contributed by atoms with Crippen LogP contribution in [-0.2, 0) is 16.1 Å². The molecule has 0 saturated heterocycles. The van der Waals surface area contributed by atoms with Gasteiger partial charge in [-0.1, -0.05) is 18.2 Å². The van der Waals surface area contributed by atoms with Gasteiger partial charge in [-0.05, 0) is 37.6 Å². The molecule has 0 saturated carbocycles. The van der Waals surface area contributed by atoms with Crippen LogP contribution < -0.4 is 10.1 Å². The number of amides is 1. The van der Waals surface area contributed by atoms with Crippen molar-refractivity contribution < 1.29 is 23.0 Å². The molecule has 0 aromatic heterocycles. The molecule has 1 N–H and O–H groups in total. The molecule has 0 heterocycles. The van der Waals surface area contributed by atoms with E-state index in [2.05, 4.69) is 5.32 Å². The van der Waals surface area contributed by atoms with Gasteiger partial charge in [-0.25, -0.2) is 8.78 Å². The van der Waals surface area contributed by atoms with Crippen LogP contribution in [0.1, 0.15) is 31.0 Å². The summed E-state index contributed by atoms with van der Waals surface area (Å²) in [6.45, 7) is 3.48. The van der Waals surface area contributed by atoms with Crippen molar-refractivity contribution in [3.63, 3.8) is 0 Å². The molecule has 25 heavy (non-hydrogen) atoms. The van der Waals surface area contributed by atoms with Crippen LogP contribution in [0.4, 0.5) is 8.78 Å². The summed E-state index contributed by atoms with van der Waals surface area (Å²) in [5, 5.41) is 2.66. The predicted molar refractivity (Wildman–Crippen MR) is 90.2 cm³/mol. The zero-order valence-corrected chi connectivity index (χ0v) is 14.4. The average molecular weight is 349 g/mol. The van der Waals surface area contributed by atoms with Gasteiger partial charge in [0, 0.05) is 11.6 Å². The first-order valence-corrected chi connectivity index (χ1v) is 7.90. The summed E-state index contributed by atoms with van der Waals surface area (Å²) >= 11 is 0. The summed E-state index contributed by atoms with van der Waals surface area (Å²) < 4.78 is 37.4. The van der Waals surface area contributed by atoms with Crippen LogP contribution in [0.5, 0.6) is 5.75 Å². The van der Waals surface area contributed by atoms with E-state index >= 15 is 0 Å². The summed E-state index contributed by atoms with van der Waals surface area (Å²) in [6, 6.07) is 10.0. The lowest BCUT2D eigenvalue weighted by molar-refractivity contribution is -0.133. The van der Waals surface area contributed by atoms with Crippen molar-refractivity contribution >= 4 is 5.91 Å². The highest BCUT2D eigenvalue weighted by Crippen LogP contribution is 2.18. The van der Waals surface area contributed by atoms with E-state index in [1.807, 2.05) is 24.3 Å². The maximum absolute atomic E-state index is 13.8. The van der Waals surface area contributed by atoms with E-state index in [4.69, 9.17) is 9.47 Å². The zero-order valence-electron chi connectivity index (χ0n) is 14.4. The van der Waals surface area contributed by atoms with Crippen LogP contribution in [0.3, 0.4) is 0 Å². The Kier molecular flexibility index (Phi) is 6.47. The van der Waals surface area contributed by atoms with Crippen molar-refractivity contribution in [1.82, 2.24) is 5.32 Å². The van der Waals surface area contributed by atoms with E-state index in [0.717, 1.165) is 17.7 Å². The van der Waals surface area contributed by atoms with E-state index in [1.54, 1.807) is 21.0 Å². The molecule has 134 valence electrons. The second-order valence-electron chi connectivity index (χ2n) is 5.70. The summed E-state index contributed by atoms with van der Waals surface area (Å²) in [6.07, 6.45) is -0.725. The van der Waals surface area contributed by atoms with Crippen molar-refractivity contribution in [1.29, 1.82) is 0 Å². The number of rotatable bonds is 7. The van der Waals surface area contributed by atoms with Crippen LogP contribution in [0.15, 0.2) is 42.5 Å². The minimum atomic E-state index is -0.725. The van der Waals surface area contributed by atoms with E-state index < -0.39 is 23.8 Å². The van der Waals surface area contributed by atoms with Gasteiger partial charge in [-0.3, -0.25) is 4.79 Å². The molecule has 2 aromatic carbocycles. The average Bonchev–Trinajstić information content (AvgIpc) is 2.59. The molecule has 1 amide bonds. The Balaban J connectivity index is 1.90. The maximum atomic E-state index is 13.8. The number of carbonyl (C=O) groups is 1. The molecule has 0 radical (unpaired) electrons. The Morgan fingerprint density at radius 1 is 1.16 bits per heavy atom. The highest BCUT2D eigenvalue weighted by molar-refractivity contribution is 5.80. The summed E-state index contributed by atoms with van der Waals surface area (Å²) in [5.41, 5.74) is 1.09. The lowest BCUT2D eigenvalue weighted by atomic mass is 10.1. The van der Waals surface area contributed by atoms with Gasteiger partial charge in [0.05, 0.1) is 19.8 Å². The standard InChI is InChI=1S/C19H21F2NO3/c1-12(17-8-7-15(20)10-18(17)21)22-19(23)13(2)25-11-14-5-4-6-16(9-14)24-3/h4-10,12-13H,11H2,1-3H3,(H,22,23). The summed E-state index contributed by atoms with van der Waals surface area (Å²) in [5.74, 6) is -1.02. The number of ether oxygens (including phenoxy) is 2. The Bertz CT molecular complexity index is 736. The molecule has 6 heteroatoms. The molecule has 0 aliphatic carbocycles. The molecule has 0 aliphatic heterocycles. The fraction of sp³-hybridized carbons (Fsp3) is 0.316. The predicted octanol–water partition coefficient (Wildman–Crippen LogP) is 3.76. The molecule has 0 aliphatic rings. The smallest absolute Gasteiger partial charge is 0.249 e. The zero-order chi connectivity index (χ0) is 18.4. The first kappa shape index (κ1) is 18.9. The minimum absolute atomic E-state index is 0.217. The lowest BCUT2D eigenvalue weighted by Gasteiger charge is -2.19. The largest absolute Gasteiger partial charge is 0.497 e. The Morgan fingerprint density at radius 2 is 1.92 bits per heavy atom. The molecule has 2 rings (SSSR count). The van der Waals surface area contributed by atoms with Gasteiger partial charge in [0.25, 0.3) is 0 Å². The number of benzene rings is 2. The van der Waals surface area contributed by atoms with E-state index in [1.165, 1.54) is 6.07 Å². The second-order valence-corrected chi connectivity index (χ2v) is 5.70. The topological polar surface area (TPSA) is 47.6 Å². The van der Waals surface area contributed by atoms with Gasteiger partial charge in [-0.15, -0.1) is 0 Å².